The van der Waals surface area contributed by atoms with Gasteiger partial charge in [0.15, 0.2) is 0 Å². The first-order chi connectivity index (χ1) is 14.5. The van der Waals surface area contributed by atoms with Gasteiger partial charge in [-0.05, 0) is 56.1 Å². The molecule has 0 spiro atoms. The van der Waals surface area contributed by atoms with E-state index >= 15 is 0 Å². The highest BCUT2D eigenvalue weighted by molar-refractivity contribution is 5.84. The molecule has 0 N–H and O–H groups in total. The molecule has 0 aliphatic heterocycles. The van der Waals surface area contributed by atoms with Crippen LogP contribution in [0.5, 0.6) is 5.75 Å². The average molecular weight is 409 g/mol. The Hall–Kier alpha value is -3.55. The first-order valence-corrected chi connectivity index (χ1v) is 9.89. The molecule has 1 aliphatic rings. The Bertz CT molecular complexity index is 957. The minimum atomic E-state index is -0.703. The lowest BCUT2D eigenvalue weighted by Gasteiger charge is -2.17. The molecule has 0 bridgehead atoms. The molecule has 0 saturated carbocycles. The molecule has 8 heteroatoms. The fourth-order valence-electron chi connectivity index (χ4n) is 3.43. The van der Waals surface area contributed by atoms with E-state index < -0.39 is 15.5 Å². The fourth-order valence-corrected chi connectivity index (χ4v) is 3.43. The molecular weight excluding hydrogens is 386 g/mol. The Morgan fingerprint density at radius 1 is 1.10 bits per heavy atom. The van der Waals surface area contributed by atoms with Crippen molar-refractivity contribution < 1.29 is 14.7 Å². The van der Waals surface area contributed by atoms with E-state index in [4.69, 9.17) is 4.84 Å². The molecule has 1 atom stereocenters. The predicted molar refractivity (Wildman–Crippen MR) is 114 cm³/mol. The molecule has 1 unspecified atom stereocenters. The molecule has 1 aliphatic carbocycles. The number of rotatable bonds is 9. The second-order valence-corrected chi connectivity index (χ2v) is 7.22. The zero-order chi connectivity index (χ0) is 21.3. The summed E-state index contributed by atoms with van der Waals surface area (Å²) in [5.74, 6) is 0.255. The Labute approximate surface area is 174 Å². The summed E-state index contributed by atoms with van der Waals surface area (Å²) in [5, 5.41) is 26.4. The number of aryl methyl sites for hydroxylation is 1. The third kappa shape index (κ3) is 5.97. The van der Waals surface area contributed by atoms with Crippen molar-refractivity contribution in [2.24, 2.45) is 11.1 Å². The summed E-state index contributed by atoms with van der Waals surface area (Å²) in [6.45, 7) is 0. The molecule has 30 heavy (non-hydrogen) atoms. The van der Waals surface area contributed by atoms with Gasteiger partial charge in [-0.3, -0.25) is 20.2 Å². The van der Waals surface area contributed by atoms with Crippen molar-refractivity contribution in [3.05, 3.63) is 86.5 Å². The van der Waals surface area contributed by atoms with Crippen LogP contribution in [0.25, 0.3) is 0 Å². The Morgan fingerprint density at radius 2 is 1.90 bits per heavy atom. The summed E-state index contributed by atoms with van der Waals surface area (Å²) in [6, 6.07) is 13.3. The number of allylic oxidation sites excluding steroid dienone is 2. The minimum absolute atomic E-state index is 0.109. The van der Waals surface area contributed by atoms with Gasteiger partial charge in [-0.25, -0.2) is 0 Å². The van der Waals surface area contributed by atoms with Crippen LogP contribution in [-0.4, -0.2) is 15.6 Å². The number of nitro benzene ring substituents is 2. The van der Waals surface area contributed by atoms with Crippen LogP contribution in [0, 0.1) is 26.1 Å². The lowest BCUT2D eigenvalue weighted by Crippen LogP contribution is -2.11. The molecule has 0 saturated heterocycles. The molecule has 0 fully saturated rings. The molecule has 8 nitrogen and oxygen atoms in total. The van der Waals surface area contributed by atoms with Gasteiger partial charge in [-0.2, -0.15) is 0 Å². The van der Waals surface area contributed by atoms with Gasteiger partial charge < -0.3 is 4.84 Å². The molecule has 2 aromatic rings. The van der Waals surface area contributed by atoms with Crippen molar-refractivity contribution in [3.8, 4) is 5.75 Å². The summed E-state index contributed by atoms with van der Waals surface area (Å²) in [7, 11) is 0. The first kappa shape index (κ1) is 21.2. The second-order valence-electron chi connectivity index (χ2n) is 7.22. The van der Waals surface area contributed by atoms with Gasteiger partial charge >= 0.3 is 5.69 Å². The third-order valence-corrected chi connectivity index (χ3v) is 5.02. The zero-order valence-electron chi connectivity index (χ0n) is 16.5. The molecule has 2 aromatic carbocycles. The van der Waals surface area contributed by atoms with Gasteiger partial charge in [0.25, 0.3) is 5.69 Å². The van der Waals surface area contributed by atoms with Crippen molar-refractivity contribution in [1.29, 1.82) is 0 Å². The molecule has 3 rings (SSSR count). The predicted octanol–water partition coefficient (Wildman–Crippen LogP) is 5.62. The maximum absolute atomic E-state index is 11.3. The average Bonchev–Trinajstić information content (AvgIpc) is 2.76. The quantitative estimate of drug-likeness (QED) is 0.231. The van der Waals surface area contributed by atoms with E-state index in [1.807, 2.05) is 30.3 Å². The van der Waals surface area contributed by atoms with Gasteiger partial charge in [-0.1, -0.05) is 47.6 Å². The van der Waals surface area contributed by atoms with Crippen LogP contribution >= 0.6 is 0 Å². The Balaban J connectivity index is 1.79. The molecule has 0 radical (unpaired) electrons. The molecule has 0 aromatic heterocycles. The lowest BCUT2D eigenvalue weighted by atomic mass is 9.90. The number of nitrogens with zero attached hydrogens (tertiary/aromatic N) is 3. The molecular formula is C22H23N3O5. The van der Waals surface area contributed by atoms with Gasteiger partial charge in [-0.15, -0.1) is 0 Å². The lowest BCUT2D eigenvalue weighted by molar-refractivity contribution is -0.394. The Morgan fingerprint density at radius 3 is 2.57 bits per heavy atom. The molecule has 0 amide bonds. The maximum Gasteiger partial charge on any atom is 0.321 e. The summed E-state index contributed by atoms with van der Waals surface area (Å²) in [5.41, 5.74) is 1.14. The topological polar surface area (TPSA) is 108 Å². The van der Waals surface area contributed by atoms with E-state index in [-0.39, 0.29) is 11.4 Å². The van der Waals surface area contributed by atoms with Crippen molar-refractivity contribution in [3.63, 3.8) is 0 Å². The smallest absolute Gasteiger partial charge is 0.321 e. The number of hydrogen-bond donors (Lipinski definition) is 0. The SMILES string of the molecule is O=[N+]([O-])c1ccc(O/N=C(/CCc2ccccc2)CC2C=CCCC2)c([N+](=O)[O-])c1. The van der Waals surface area contributed by atoms with Gasteiger partial charge in [0, 0.05) is 6.07 Å². The van der Waals surface area contributed by atoms with Crippen molar-refractivity contribution in [1.82, 2.24) is 0 Å². The monoisotopic (exact) mass is 409 g/mol. The van der Waals surface area contributed by atoms with Crippen LogP contribution in [0.2, 0.25) is 0 Å². The van der Waals surface area contributed by atoms with Crippen LogP contribution < -0.4 is 4.84 Å². The highest BCUT2D eigenvalue weighted by atomic mass is 16.7. The summed E-state index contributed by atoms with van der Waals surface area (Å²) in [4.78, 5) is 26.3. The minimum Gasteiger partial charge on any atom is -0.350 e. The number of nitro groups is 2. The normalized spacial score (nSPS) is 16.3. The zero-order valence-corrected chi connectivity index (χ0v) is 16.5. The van der Waals surface area contributed by atoms with Crippen LogP contribution in [0.1, 0.15) is 37.7 Å². The third-order valence-electron chi connectivity index (χ3n) is 5.02. The van der Waals surface area contributed by atoms with E-state index in [2.05, 4.69) is 17.3 Å². The van der Waals surface area contributed by atoms with Gasteiger partial charge in [0.1, 0.15) is 0 Å². The Kier molecular flexibility index (Phi) is 7.26. The summed E-state index contributed by atoms with van der Waals surface area (Å²) >= 11 is 0. The van der Waals surface area contributed by atoms with E-state index in [1.165, 1.54) is 17.7 Å². The summed E-state index contributed by atoms with van der Waals surface area (Å²) < 4.78 is 0. The molecule has 0 heterocycles. The van der Waals surface area contributed by atoms with Crippen LogP contribution in [0.3, 0.4) is 0 Å². The maximum atomic E-state index is 11.3. The highest BCUT2D eigenvalue weighted by Gasteiger charge is 2.21. The van der Waals surface area contributed by atoms with Crippen LogP contribution in [0.4, 0.5) is 11.4 Å². The van der Waals surface area contributed by atoms with Crippen LogP contribution in [0.15, 0.2) is 65.8 Å². The van der Waals surface area contributed by atoms with Gasteiger partial charge in [0.05, 0.1) is 21.6 Å². The van der Waals surface area contributed by atoms with Crippen LogP contribution in [-0.2, 0) is 6.42 Å². The number of hydrogen-bond acceptors (Lipinski definition) is 6. The summed E-state index contributed by atoms with van der Waals surface area (Å²) in [6.07, 6.45) is 9.79. The van der Waals surface area contributed by atoms with E-state index in [0.29, 0.717) is 18.8 Å². The highest BCUT2D eigenvalue weighted by Crippen LogP contribution is 2.31. The van der Waals surface area contributed by atoms with E-state index in [9.17, 15) is 20.2 Å². The number of oxime groups is 1. The largest absolute Gasteiger partial charge is 0.350 e. The van der Waals surface area contributed by atoms with Crippen molar-refractivity contribution in [2.45, 2.75) is 38.5 Å². The fraction of sp³-hybridized carbons (Fsp3) is 0.318. The van der Waals surface area contributed by atoms with Crippen molar-refractivity contribution >= 4 is 17.1 Å². The van der Waals surface area contributed by atoms with E-state index in [0.717, 1.165) is 37.5 Å². The second kappa shape index (κ2) is 10.3. The van der Waals surface area contributed by atoms with E-state index in [1.54, 1.807) is 0 Å². The molecule has 156 valence electrons. The number of non-ortho nitro benzene ring substituents is 1. The van der Waals surface area contributed by atoms with Crippen molar-refractivity contribution in [2.75, 3.05) is 0 Å². The first-order valence-electron chi connectivity index (χ1n) is 9.89. The number of benzene rings is 2. The standard InChI is InChI=1S/C22H23N3O5/c26-24(27)20-13-14-22(21(16-20)25(28)29)30-23-19(15-18-9-5-2-6-10-18)12-11-17-7-3-1-4-8-17/h1,3-5,7-9,13-14,16,18H,2,6,10-12,15H2/b23-19-. The van der Waals surface area contributed by atoms with Gasteiger partial charge in [0.2, 0.25) is 5.75 Å².